The number of halogens is 1. The third-order valence-corrected chi connectivity index (χ3v) is 4.59. The van der Waals surface area contributed by atoms with Crippen molar-refractivity contribution in [3.05, 3.63) is 35.0 Å². The van der Waals surface area contributed by atoms with Gasteiger partial charge in [0.1, 0.15) is 0 Å². The molecule has 22 heavy (non-hydrogen) atoms. The SMILES string of the molecule is S=C(N/N=C\c1[nH]c2ccccc2c1Cl)NC1CCCCC1. The van der Waals surface area contributed by atoms with Gasteiger partial charge in [-0.05, 0) is 31.1 Å². The molecule has 1 aromatic heterocycles. The second-order valence-electron chi connectivity index (χ2n) is 5.58. The Bertz CT molecular complexity index is 689. The van der Waals surface area contributed by atoms with Crippen LogP contribution in [0.2, 0.25) is 5.02 Å². The number of hydrogen-bond acceptors (Lipinski definition) is 2. The molecule has 3 N–H and O–H groups in total. The Morgan fingerprint density at radius 3 is 2.82 bits per heavy atom. The topological polar surface area (TPSA) is 52.2 Å². The number of fused-ring (bicyclic) bond motifs is 1. The molecule has 0 bridgehead atoms. The second-order valence-corrected chi connectivity index (χ2v) is 6.36. The summed E-state index contributed by atoms with van der Waals surface area (Å²) in [5.41, 5.74) is 4.63. The molecule has 1 aliphatic carbocycles. The van der Waals surface area contributed by atoms with Crippen molar-refractivity contribution >= 4 is 46.0 Å². The van der Waals surface area contributed by atoms with E-state index >= 15 is 0 Å². The highest BCUT2D eigenvalue weighted by Gasteiger charge is 2.13. The summed E-state index contributed by atoms with van der Waals surface area (Å²) in [7, 11) is 0. The summed E-state index contributed by atoms with van der Waals surface area (Å²) in [6, 6.07) is 8.37. The molecule has 0 radical (unpaired) electrons. The number of hydrazone groups is 1. The van der Waals surface area contributed by atoms with Crippen LogP contribution in [0.5, 0.6) is 0 Å². The predicted molar refractivity (Wildman–Crippen MR) is 96.6 cm³/mol. The zero-order valence-electron chi connectivity index (χ0n) is 12.2. The van der Waals surface area contributed by atoms with E-state index in [2.05, 4.69) is 20.8 Å². The maximum atomic E-state index is 6.33. The molecule has 0 saturated heterocycles. The average molecular weight is 335 g/mol. The number of thiocarbonyl (C=S) groups is 1. The Labute approximate surface area is 140 Å². The maximum absolute atomic E-state index is 6.33. The number of rotatable bonds is 3. The molecule has 6 heteroatoms. The lowest BCUT2D eigenvalue weighted by molar-refractivity contribution is 0.412. The molecule has 2 aromatic rings. The molecule has 0 atom stereocenters. The van der Waals surface area contributed by atoms with Gasteiger partial charge in [-0.2, -0.15) is 5.10 Å². The van der Waals surface area contributed by atoms with Gasteiger partial charge in [0, 0.05) is 16.9 Å². The van der Waals surface area contributed by atoms with Crippen molar-refractivity contribution in [3.8, 4) is 0 Å². The van der Waals surface area contributed by atoms with E-state index < -0.39 is 0 Å². The van der Waals surface area contributed by atoms with E-state index in [4.69, 9.17) is 23.8 Å². The number of para-hydroxylation sites is 1. The summed E-state index contributed by atoms with van der Waals surface area (Å²) in [6.07, 6.45) is 7.90. The van der Waals surface area contributed by atoms with Gasteiger partial charge < -0.3 is 10.3 Å². The minimum Gasteiger partial charge on any atom is -0.359 e. The van der Waals surface area contributed by atoms with Crippen LogP contribution in [0.3, 0.4) is 0 Å². The number of aromatic nitrogens is 1. The first-order valence-corrected chi connectivity index (χ1v) is 8.38. The van der Waals surface area contributed by atoms with Crippen molar-refractivity contribution in [3.63, 3.8) is 0 Å². The number of aromatic amines is 1. The van der Waals surface area contributed by atoms with Crippen LogP contribution >= 0.6 is 23.8 Å². The van der Waals surface area contributed by atoms with E-state index in [-0.39, 0.29) is 0 Å². The Kier molecular flexibility index (Phi) is 4.95. The average Bonchev–Trinajstić information content (AvgIpc) is 2.85. The van der Waals surface area contributed by atoms with Gasteiger partial charge in [0.05, 0.1) is 16.9 Å². The Morgan fingerprint density at radius 1 is 1.27 bits per heavy atom. The standard InChI is InChI=1S/C16H19ClN4S/c17-15-12-8-4-5-9-13(12)20-14(15)10-18-21-16(22)19-11-6-2-1-3-7-11/h4-5,8-11,20H,1-3,6-7H2,(H2,19,21,22)/b18-10-. The summed E-state index contributed by atoms with van der Waals surface area (Å²) in [5, 5.41) is 9.71. The fourth-order valence-corrected chi connectivity index (χ4v) is 3.32. The van der Waals surface area contributed by atoms with Crippen LogP contribution in [-0.4, -0.2) is 22.4 Å². The zero-order valence-corrected chi connectivity index (χ0v) is 13.8. The first-order valence-electron chi connectivity index (χ1n) is 7.60. The third-order valence-electron chi connectivity index (χ3n) is 3.97. The molecule has 0 unspecified atom stereocenters. The number of nitrogens with zero attached hydrogens (tertiary/aromatic N) is 1. The van der Waals surface area contributed by atoms with Crippen LogP contribution in [0, 0.1) is 0 Å². The molecule has 1 aromatic carbocycles. The third kappa shape index (κ3) is 3.59. The van der Waals surface area contributed by atoms with Crippen molar-refractivity contribution in [2.45, 2.75) is 38.1 Å². The van der Waals surface area contributed by atoms with E-state index in [1.54, 1.807) is 6.21 Å². The molecule has 4 nitrogen and oxygen atoms in total. The van der Waals surface area contributed by atoms with Crippen molar-refractivity contribution in [2.24, 2.45) is 5.10 Å². The van der Waals surface area contributed by atoms with Crippen molar-refractivity contribution in [2.75, 3.05) is 0 Å². The molecule has 1 fully saturated rings. The summed E-state index contributed by atoms with van der Waals surface area (Å²) < 4.78 is 0. The first-order chi connectivity index (χ1) is 10.7. The molecule has 3 rings (SSSR count). The molecule has 1 aliphatic rings. The number of benzene rings is 1. The number of H-pyrrole nitrogens is 1. The minimum atomic E-state index is 0.473. The molecule has 0 amide bonds. The Hall–Kier alpha value is -1.59. The van der Waals surface area contributed by atoms with Crippen LogP contribution in [0.1, 0.15) is 37.8 Å². The summed E-state index contributed by atoms with van der Waals surface area (Å²) in [5.74, 6) is 0. The Morgan fingerprint density at radius 2 is 2.05 bits per heavy atom. The fourth-order valence-electron chi connectivity index (χ4n) is 2.84. The van der Waals surface area contributed by atoms with Crippen molar-refractivity contribution in [1.82, 2.24) is 15.7 Å². The molecule has 1 saturated carbocycles. The molecule has 0 spiro atoms. The highest BCUT2D eigenvalue weighted by molar-refractivity contribution is 7.80. The van der Waals surface area contributed by atoms with Gasteiger partial charge in [0.2, 0.25) is 0 Å². The van der Waals surface area contributed by atoms with Gasteiger partial charge in [0.25, 0.3) is 0 Å². The molecule has 0 aliphatic heterocycles. The smallest absolute Gasteiger partial charge is 0.187 e. The molecular formula is C16H19ClN4S. The van der Waals surface area contributed by atoms with Gasteiger partial charge in [-0.25, -0.2) is 0 Å². The summed E-state index contributed by atoms with van der Waals surface area (Å²) in [6.45, 7) is 0. The van der Waals surface area contributed by atoms with E-state index in [1.165, 1.54) is 32.1 Å². The van der Waals surface area contributed by atoms with Crippen molar-refractivity contribution < 1.29 is 0 Å². The maximum Gasteiger partial charge on any atom is 0.187 e. The van der Waals surface area contributed by atoms with E-state index in [0.717, 1.165) is 16.6 Å². The van der Waals surface area contributed by atoms with Crippen molar-refractivity contribution in [1.29, 1.82) is 0 Å². The van der Waals surface area contributed by atoms with E-state index in [1.807, 2.05) is 24.3 Å². The molecule has 116 valence electrons. The fraction of sp³-hybridized carbons (Fsp3) is 0.375. The van der Waals surface area contributed by atoms with Gasteiger partial charge in [0.15, 0.2) is 5.11 Å². The van der Waals surface area contributed by atoms with Gasteiger partial charge in [-0.1, -0.05) is 49.1 Å². The van der Waals surface area contributed by atoms with Crippen LogP contribution in [0.15, 0.2) is 29.4 Å². The first kappa shape index (κ1) is 15.3. The normalized spacial score (nSPS) is 16.2. The monoisotopic (exact) mass is 334 g/mol. The van der Waals surface area contributed by atoms with Crippen LogP contribution in [0.25, 0.3) is 10.9 Å². The van der Waals surface area contributed by atoms with E-state index in [0.29, 0.717) is 16.2 Å². The van der Waals surface area contributed by atoms with Gasteiger partial charge in [-0.3, -0.25) is 5.43 Å². The van der Waals surface area contributed by atoms with Crippen LogP contribution < -0.4 is 10.7 Å². The lowest BCUT2D eigenvalue weighted by Crippen LogP contribution is -2.40. The molecule has 1 heterocycles. The predicted octanol–water partition coefficient (Wildman–Crippen LogP) is 3.95. The highest BCUT2D eigenvalue weighted by Crippen LogP contribution is 2.25. The quantitative estimate of drug-likeness (QED) is 0.452. The summed E-state index contributed by atoms with van der Waals surface area (Å²) in [4.78, 5) is 3.23. The lowest BCUT2D eigenvalue weighted by atomic mass is 9.96. The van der Waals surface area contributed by atoms with E-state index in [9.17, 15) is 0 Å². The van der Waals surface area contributed by atoms with Gasteiger partial charge >= 0.3 is 0 Å². The second kappa shape index (κ2) is 7.11. The summed E-state index contributed by atoms with van der Waals surface area (Å²) >= 11 is 11.6. The van der Waals surface area contributed by atoms with Gasteiger partial charge in [-0.15, -0.1) is 0 Å². The van der Waals surface area contributed by atoms with Crippen LogP contribution in [0.4, 0.5) is 0 Å². The number of nitrogens with one attached hydrogen (secondary N) is 3. The lowest BCUT2D eigenvalue weighted by Gasteiger charge is -2.23. The minimum absolute atomic E-state index is 0.473. The molecular weight excluding hydrogens is 316 g/mol. The zero-order chi connectivity index (χ0) is 15.4. The largest absolute Gasteiger partial charge is 0.359 e. The number of hydrogen-bond donors (Lipinski definition) is 3. The highest BCUT2D eigenvalue weighted by atomic mass is 35.5. The van der Waals surface area contributed by atoms with Crippen LogP contribution in [-0.2, 0) is 0 Å². The Balaban J connectivity index is 1.58.